The summed E-state index contributed by atoms with van der Waals surface area (Å²) in [4.78, 5) is 0. The van der Waals surface area contributed by atoms with Crippen LogP contribution in [0.15, 0.2) is 170 Å². The minimum absolute atomic E-state index is 1.29. The molecule has 0 unspecified atom stereocenters. The van der Waals surface area contributed by atoms with Crippen molar-refractivity contribution in [3.8, 4) is 89.0 Å². The van der Waals surface area contributed by atoms with Crippen molar-refractivity contribution < 1.29 is 0 Å². The molecule has 0 heterocycles. The Kier molecular flexibility index (Phi) is 4.94. The van der Waals surface area contributed by atoms with E-state index in [1.807, 2.05) is 0 Å². The molecule has 0 saturated heterocycles. The first-order valence-electron chi connectivity index (χ1n) is 18.3. The maximum atomic E-state index is 2.41. The molecule has 13 rings (SSSR count). The zero-order chi connectivity index (χ0) is 33.7. The van der Waals surface area contributed by atoms with Gasteiger partial charge in [-0.2, -0.15) is 0 Å². The molecular weight excluding hydrogens is 625 g/mol. The van der Waals surface area contributed by atoms with Crippen molar-refractivity contribution in [3.63, 3.8) is 0 Å². The van der Waals surface area contributed by atoms with Gasteiger partial charge in [-0.05, 0) is 132 Å². The summed E-state index contributed by atoms with van der Waals surface area (Å²) in [6.45, 7) is 0. The number of fused-ring (bicyclic) bond motifs is 10. The van der Waals surface area contributed by atoms with Gasteiger partial charge in [-0.15, -0.1) is 0 Å². The Morgan fingerprint density at radius 2 is 0.500 bits per heavy atom. The summed E-state index contributed by atoms with van der Waals surface area (Å²) in [5.41, 5.74) is 21.3. The molecule has 0 heteroatoms. The van der Waals surface area contributed by atoms with Crippen LogP contribution < -0.4 is 0 Å². The number of benzene rings is 10. The maximum absolute atomic E-state index is 2.41. The molecule has 0 nitrogen and oxygen atoms in total. The third kappa shape index (κ3) is 3.16. The third-order valence-corrected chi connectivity index (χ3v) is 12.3. The minimum atomic E-state index is 1.29. The summed E-state index contributed by atoms with van der Waals surface area (Å²) in [5, 5.41) is 10.6. The van der Waals surface area contributed by atoms with Crippen molar-refractivity contribution in [2.24, 2.45) is 0 Å². The average Bonchev–Trinajstić information content (AvgIpc) is 3.84. The van der Waals surface area contributed by atoms with Crippen molar-refractivity contribution >= 4 is 43.1 Å². The van der Waals surface area contributed by atoms with Crippen molar-refractivity contribution in [2.75, 3.05) is 0 Å². The van der Waals surface area contributed by atoms with Gasteiger partial charge in [0.05, 0.1) is 0 Å². The van der Waals surface area contributed by atoms with E-state index in [4.69, 9.17) is 0 Å². The Labute approximate surface area is 300 Å². The molecule has 236 valence electrons. The van der Waals surface area contributed by atoms with Gasteiger partial charge in [0.15, 0.2) is 0 Å². The second-order valence-electron chi connectivity index (χ2n) is 14.6. The highest BCUT2D eigenvalue weighted by Crippen LogP contribution is 2.60. The molecule has 52 heavy (non-hydrogen) atoms. The summed E-state index contributed by atoms with van der Waals surface area (Å²) in [5.74, 6) is 0. The largest absolute Gasteiger partial charge is 0.0616 e. The summed E-state index contributed by atoms with van der Waals surface area (Å²) in [6, 6.07) is 64.1. The van der Waals surface area contributed by atoms with Crippen LogP contribution in [0.4, 0.5) is 0 Å². The van der Waals surface area contributed by atoms with Crippen LogP contribution in [-0.4, -0.2) is 0 Å². The van der Waals surface area contributed by atoms with E-state index in [9.17, 15) is 0 Å². The topological polar surface area (TPSA) is 0 Å². The van der Waals surface area contributed by atoms with Crippen molar-refractivity contribution in [2.45, 2.75) is 0 Å². The van der Waals surface area contributed by atoms with Gasteiger partial charge in [-0.3, -0.25) is 0 Å². The van der Waals surface area contributed by atoms with E-state index in [0.29, 0.717) is 0 Å². The molecule has 0 amide bonds. The van der Waals surface area contributed by atoms with Crippen LogP contribution >= 0.6 is 0 Å². The van der Waals surface area contributed by atoms with Crippen molar-refractivity contribution in [1.29, 1.82) is 0 Å². The van der Waals surface area contributed by atoms with Gasteiger partial charge in [0.2, 0.25) is 0 Å². The summed E-state index contributed by atoms with van der Waals surface area (Å²) in [7, 11) is 0. The molecule has 0 aromatic heterocycles. The SMILES string of the molecule is c1ccc2c(c1)-c1cccc3c(-c4c5c(c(-c6ccc7c8c(cccc68)-c6ccccc6-7)c6ccccc46)-c4cccc6cccc-5c46)ccc-2c13. The van der Waals surface area contributed by atoms with E-state index in [2.05, 4.69) is 170 Å². The van der Waals surface area contributed by atoms with Crippen LogP contribution in [0.1, 0.15) is 0 Å². The molecular formula is C52H28. The molecule has 0 atom stereocenters. The molecule has 3 aliphatic carbocycles. The van der Waals surface area contributed by atoms with Gasteiger partial charge in [0.1, 0.15) is 0 Å². The normalized spacial score (nSPS) is 12.6. The zero-order valence-corrected chi connectivity index (χ0v) is 28.2. The average molecular weight is 653 g/mol. The van der Waals surface area contributed by atoms with Gasteiger partial charge in [-0.1, -0.05) is 170 Å². The highest BCUT2D eigenvalue weighted by Gasteiger charge is 2.33. The van der Waals surface area contributed by atoms with E-state index in [1.165, 1.54) is 132 Å². The van der Waals surface area contributed by atoms with Gasteiger partial charge < -0.3 is 0 Å². The summed E-state index contributed by atoms with van der Waals surface area (Å²) >= 11 is 0. The Morgan fingerprint density at radius 1 is 0.173 bits per heavy atom. The van der Waals surface area contributed by atoms with Crippen LogP contribution in [0, 0.1) is 0 Å². The molecule has 3 aliphatic rings. The van der Waals surface area contributed by atoms with E-state index >= 15 is 0 Å². The molecule has 10 aromatic carbocycles. The molecule has 0 N–H and O–H groups in total. The lowest BCUT2D eigenvalue weighted by atomic mass is 9.80. The lowest BCUT2D eigenvalue weighted by molar-refractivity contribution is 1.66. The standard InChI is InChI=1S/C52H28/c1-3-15-32-30(13-1)34-19-9-21-36-42(27-25-40(32)47(34)36)49-38-17-5-6-18-39(38)50(52-45-24-8-12-29-11-7-23-44(46(29)45)51(49)52)43-28-26-41-33-16-4-2-14-31(33)35-20-10-22-37(43)48(35)41/h1-28H. The lowest BCUT2D eigenvalue weighted by Crippen LogP contribution is -1.95. The van der Waals surface area contributed by atoms with Crippen LogP contribution in [0.5, 0.6) is 0 Å². The van der Waals surface area contributed by atoms with Gasteiger partial charge >= 0.3 is 0 Å². The smallest absolute Gasteiger partial charge is 0.000719 e. The van der Waals surface area contributed by atoms with Crippen LogP contribution in [-0.2, 0) is 0 Å². The summed E-state index contributed by atoms with van der Waals surface area (Å²) < 4.78 is 0. The fraction of sp³-hybridized carbons (Fsp3) is 0. The first-order valence-corrected chi connectivity index (χ1v) is 18.3. The van der Waals surface area contributed by atoms with Gasteiger partial charge in [0.25, 0.3) is 0 Å². The van der Waals surface area contributed by atoms with Gasteiger partial charge in [-0.25, -0.2) is 0 Å². The van der Waals surface area contributed by atoms with Crippen molar-refractivity contribution in [1.82, 2.24) is 0 Å². The molecule has 0 aliphatic heterocycles. The monoisotopic (exact) mass is 652 g/mol. The lowest BCUT2D eigenvalue weighted by Gasteiger charge is -2.22. The van der Waals surface area contributed by atoms with E-state index in [0.717, 1.165) is 0 Å². The van der Waals surface area contributed by atoms with E-state index in [-0.39, 0.29) is 0 Å². The molecule has 0 bridgehead atoms. The van der Waals surface area contributed by atoms with E-state index < -0.39 is 0 Å². The van der Waals surface area contributed by atoms with Crippen LogP contribution in [0.3, 0.4) is 0 Å². The second kappa shape index (κ2) is 9.51. The predicted molar refractivity (Wildman–Crippen MR) is 221 cm³/mol. The molecule has 0 fully saturated rings. The van der Waals surface area contributed by atoms with Gasteiger partial charge in [0, 0.05) is 0 Å². The minimum Gasteiger partial charge on any atom is -0.0616 e. The quantitative estimate of drug-likeness (QED) is 0.174. The Hall–Kier alpha value is -6.76. The third-order valence-electron chi connectivity index (χ3n) is 12.3. The summed E-state index contributed by atoms with van der Waals surface area (Å²) in [6.07, 6.45) is 0. The second-order valence-corrected chi connectivity index (χ2v) is 14.6. The van der Waals surface area contributed by atoms with E-state index in [1.54, 1.807) is 0 Å². The zero-order valence-electron chi connectivity index (χ0n) is 28.2. The number of rotatable bonds is 2. The number of hydrogen-bond donors (Lipinski definition) is 0. The first-order chi connectivity index (χ1) is 25.8. The Bertz CT molecular complexity index is 3010. The predicted octanol–water partition coefficient (Wildman–Crippen LogP) is 14.6. The molecule has 0 radical (unpaired) electrons. The van der Waals surface area contributed by atoms with Crippen molar-refractivity contribution in [3.05, 3.63) is 170 Å². The highest BCUT2D eigenvalue weighted by atomic mass is 14.4. The molecule has 0 spiro atoms. The number of hydrogen-bond acceptors (Lipinski definition) is 0. The van der Waals surface area contributed by atoms with Crippen LogP contribution in [0.25, 0.3) is 132 Å². The highest BCUT2D eigenvalue weighted by molar-refractivity contribution is 6.31. The maximum Gasteiger partial charge on any atom is -0.000719 e. The Balaban J connectivity index is 1.21. The molecule has 10 aromatic rings. The molecule has 0 saturated carbocycles. The Morgan fingerprint density at radius 3 is 0.962 bits per heavy atom. The fourth-order valence-corrected chi connectivity index (χ4v) is 10.3. The fourth-order valence-electron chi connectivity index (χ4n) is 10.3. The first kappa shape index (κ1) is 27.0. The van der Waals surface area contributed by atoms with Crippen LogP contribution in [0.2, 0.25) is 0 Å².